The predicted molar refractivity (Wildman–Crippen MR) is 97.1 cm³/mol. The molecule has 0 spiro atoms. The summed E-state index contributed by atoms with van der Waals surface area (Å²) in [5.41, 5.74) is 6.15. The maximum atomic E-state index is 12.7. The van der Waals surface area contributed by atoms with E-state index >= 15 is 0 Å². The minimum atomic E-state index is -0.294. The number of hydrogen-bond acceptors (Lipinski definition) is 5. The van der Waals surface area contributed by atoms with Gasteiger partial charge in [-0.1, -0.05) is 36.4 Å². The third-order valence-corrected chi connectivity index (χ3v) is 4.80. The van der Waals surface area contributed by atoms with Crippen LogP contribution in [-0.4, -0.2) is 21.5 Å². The molecule has 5 nitrogen and oxygen atoms in total. The van der Waals surface area contributed by atoms with Crippen LogP contribution >= 0.6 is 0 Å². The molecule has 0 bridgehead atoms. The number of benzene rings is 2. The van der Waals surface area contributed by atoms with Crippen molar-refractivity contribution in [3.8, 4) is 11.1 Å². The van der Waals surface area contributed by atoms with E-state index in [1.165, 1.54) is 29.7 Å². The molecule has 5 heteroatoms. The highest BCUT2D eigenvalue weighted by atomic mass is 16.1. The van der Waals surface area contributed by atoms with E-state index in [0.29, 0.717) is 0 Å². The van der Waals surface area contributed by atoms with Crippen molar-refractivity contribution in [2.24, 2.45) is 0 Å². The average Bonchev–Trinajstić information content (AvgIpc) is 3.05. The molecule has 3 aromatic rings. The molecule has 0 aliphatic heterocycles. The molecule has 1 N–H and O–H groups in total. The number of anilines is 1. The zero-order valence-corrected chi connectivity index (χ0v) is 13.7. The number of carbonyl (C=O) groups excluding carboxylic acids is 2. The van der Waals surface area contributed by atoms with Gasteiger partial charge in [-0.25, -0.2) is 9.97 Å². The first kappa shape index (κ1) is 14.7. The Morgan fingerprint density at radius 3 is 2.69 bits per heavy atom. The Morgan fingerprint density at radius 2 is 1.77 bits per heavy atom. The number of nitrogens with zero attached hydrogens (tertiary/aromatic N) is 2. The number of nitrogens with one attached hydrogen (secondary N) is 1. The lowest BCUT2D eigenvalue weighted by Gasteiger charge is -2.17. The van der Waals surface area contributed by atoms with Crippen molar-refractivity contribution in [2.45, 2.75) is 6.42 Å². The molecule has 0 saturated heterocycles. The van der Waals surface area contributed by atoms with E-state index in [-0.39, 0.29) is 28.5 Å². The molecule has 2 aliphatic carbocycles. The first-order chi connectivity index (χ1) is 12.7. The molecule has 1 aromatic heterocycles. The molecular weight excluding hydrogens is 326 g/mol. The number of carbonyl (C=O) groups is 2. The predicted octanol–water partition coefficient (Wildman–Crippen LogP) is 3.42. The van der Waals surface area contributed by atoms with E-state index in [1.54, 1.807) is 0 Å². The number of allylic oxidation sites excluding steroid dienone is 2. The molecule has 26 heavy (non-hydrogen) atoms. The van der Waals surface area contributed by atoms with Crippen LogP contribution in [0, 0.1) is 0 Å². The highest BCUT2D eigenvalue weighted by molar-refractivity contribution is 6.24. The zero-order chi connectivity index (χ0) is 17.7. The summed E-state index contributed by atoms with van der Waals surface area (Å²) in [7, 11) is 0. The van der Waals surface area contributed by atoms with Gasteiger partial charge in [0.2, 0.25) is 11.6 Å². The van der Waals surface area contributed by atoms with Crippen molar-refractivity contribution in [3.63, 3.8) is 0 Å². The number of aromatic nitrogens is 2. The third kappa shape index (κ3) is 2.10. The van der Waals surface area contributed by atoms with Crippen molar-refractivity contribution < 1.29 is 9.59 Å². The Balaban J connectivity index is 1.58. The second kappa shape index (κ2) is 5.46. The molecule has 2 aromatic carbocycles. The third-order valence-electron chi connectivity index (χ3n) is 4.80. The quantitative estimate of drug-likeness (QED) is 0.606. The fraction of sp³-hybridized carbons (Fsp3) is 0.0476. The minimum absolute atomic E-state index is 0.152. The van der Waals surface area contributed by atoms with Crippen LogP contribution in [0.25, 0.3) is 11.1 Å². The van der Waals surface area contributed by atoms with Crippen LogP contribution in [-0.2, 0) is 6.42 Å². The lowest BCUT2D eigenvalue weighted by atomic mass is 9.97. The fourth-order valence-electron chi connectivity index (χ4n) is 3.63. The molecule has 1 heterocycles. The summed E-state index contributed by atoms with van der Waals surface area (Å²) in [5, 5.41) is 3.18. The fourth-order valence-corrected chi connectivity index (χ4v) is 3.63. The SMILES string of the molecule is O=C1C(Nc2cccc3c2-c2ccccc2C3)=CC(=O)c2ncncc21. The normalized spacial score (nSPS) is 14.4. The van der Waals surface area contributed by atoms with Crippen LogP contribution in [0.4, 0.5) is 5.69 Å². The molecule has 0 amide bonds. The molecule has 0 unspecified atom stereocenters. The summed E-state index contributed by atoms with van der Waals surface area (Å²) in [6.07, 6.45) is 4.85. The van der Waals surface area contributed by atoms with Gasteiger partial charge in [-0.15, -0.1) is 0 Å². The molecule has 0 radical (unpaired) electrons. The van der Waals surface area contributed by atoms with Gasteiger partial charge in [0.1, 0.15) is 12.0 Å². The largest absolute Gasteiger partial charge is 0.352 e. The van der Waals surface area contributed by atoms with Gasteiger partial charge in [-0.05, 0) is 29.2 Å². The summed E-state index contributed by atoms with van der Waals surface area (Å²) in [6, 6.07) is 14.2. The second-order valence-electron chi connectivity index (χ2n) is 6.34. The van der Waals surface area contributed by atoms with E-state index in [0.717, 1.165) is 23.2 Å². The van der Waals surface area contributed by atoms with Crippen molar-refractivity contribution in [2.75, 3.05) is 5.32 Å². The molecular formula is C21H13N3O2. The summed E-state index contributed by atoms with van der Waals surface area (Å²) in [5.74, 6) is -0.568. The summed E-state index contributed by atoms with van der Waals surface area (Å²) in [4.78, 5) is 32.9. The molecule has 0 atom stereocenters. The van der Waals surface area contributed by atoms with Crippen LogP contribution in [0.3, 0.4) is 0 Å². The van der Waals surface area contributed by atoms with Crippen molar-refractivity contribution in [1.82, 2.24) is 9.97 Å². The number of fused-ring (bicyclic) bond motifs is 4. The number of rotatable bonds is 2. The van der Waals surface area contributed by atoms with Gasteiger partial charge in [0, 0.05) is 23.5 Å². The van der Waals surface area contributed by atoms with Crippen molar-refractivity contribution in [3.05, 3.63) is 89.1 Å². The molecule has 0 fully saturated rings. The van der Waals surface area contributed by atoms with Crippen molar-refractivity contribution >= 4 is 17.3 Å². The summed E-state index contributed by atoms with van der Waals surface area (Å²) >= 11 is 0. The van der Waals surface area contributed by atoms with Gasteiger partial charge in [-0.3, -0.25) is 9.59 Å². The van der Waals surface area contributed by atoms with Gasteiger partial charge in [0.15, 0.2) is 0 Å². The smallest absolute Gasteiger partial charge is 0.213 e. The first-order valence-corrected chi connectivity index (χ1v) is 8.30. The summed E-state index contributed by atoms with van der Waals surface area (Å²) < 4.78 is 0. The monoisotopic (exact) mass is 339 g/mol. The maximum absolute atomic E-state index is 12.7. The maximum Gasteiger partial charge on any atom is 0.213 e. The Labute approximate surface area is 149 Å². The molecule has 0 saturated carbocycles. The standard InChI is InChI=1S/C21H13N3O2/c25-18-9-17(21(26)15-10-22-11-23-20(15)18)24-16-7-3-5-13-8-12-4-1-2-6-14(12)19(13)16/h1-7,9-11,24H,8H2. The van der Waals surface area contributed by atoms with Crippen LogP contribution in [0.15, 0.2) is 66.8 Å². The number of hydrogen-bond donors (Lipinski definition) is 1. The van der Waals surface area contributed by atoms with E-state index in [2.05, 4.69) is 33.5 Å². The highest BCUT2D eigenvalue weighted by Gasteiger charge is 2.28. The zero-order valence-electron chi connectivity index (χ0n) is 13.7. The lowest BCUT2D eigenvalue weighted by molar-refractivity contribution is 0.0981. The summed E-state index contributed by atoms with van der Waals surface area (Å²) in [6.45, 7) is 0. The van der Waals surface area contributed by atoms with Gasteiger partial charge < -0.3 is 5.32 Å². The topological polar surface area (TPSA) is 72.0 Å². The minimum Gasteiger partial charge on any atom is -0.352 e. The Morgan fingerprint density at radius 1 is 0.923 bits per heavy atom. The molecule has 2 aliphatic rings. The van der Waals surface area contributed by atoms with Crippen LogP contribution in [0.1, 0.15) is 32.0 Å². The Kier molecular flexibility index (Phi) is 3.09. The van der Waals surface area contributed by atoms with E-state index < -0.39 is 0 Å². The van der Waals surface area contributed by atoms with Gasteiger partial charge in [0.05, 0.1) is 11.3 Å². The molecule has 124 valence electrons. The highest BCUT2D eigenvalue weighted by Crippen LogP contribution is 2.41. The number of ketones is 2. The Hall–Kier alpha value is -3.60. The van der Waals surface area contributed by atoms with Crippen LogP contribution in [0.2, 0.25) is 0 Å². The number of Topliss-reactive ketones (excluding diaryl/α,β-unsaturated/α-hetero) is 1. The van der Waals surface area contributed by atoms with Crippen LogP contribution < -0.4 is 5.32 Å². The lowest BCUT2D eigenvalue weighted by Crippen LogP contribution is -2.23. The molecule has 5 rings (SSSR count). The van der Waals surface area contributed by atoms with Crippen LogP contribution in [0.5, 0.6) is 0 Å². The average molecular weight is 339 g/mol. The van der Waals surface area contributed by atoms with E-state index in [1.807, 2.05) is 24.3 Å². The first-order valence-electron chi connectivity index (χ1n) is 8.30. The van der Waals surface area contributed by atoms with Gasteiger partial charge >= 0.3 is 0 Å². The Bertz CT molecular complexity index is 1130. The van der Waals surface area contributed by atoms with Crippen molar-refractivity contribution in [1.29, 1.82) is 0 Å². The van der Waals surface area contributed by atoms with E-state index in [4.69, 9.17) is 0 Å². The van der Waals surface area contributed by atoms with Gasteiger partial charge in [0.25, 0.3) is 0 Å². The van der Waals surface area contributed by atoms with Gasteiger partial charge in [-0.2, -0.15) is 0 Å². The second-order valence-corrected chi connectivity index (χ2v) is 6.34. The van der Waals surface area contributed by atoms with E-state index in [9.17, 15) is 9.59 Å².